The number of rotatable bonds is 1. The van der Waals surface area contributed by atoms with Gasteiger partial charge in [-0.15, -0.1) is 0 Å². The molecule has 0 aliphatic heterocycles. The maximum Gasteiger partial charge on any atom is 0.310 e. The van der Waals surface area contributed by atoms with E-state index in [9.17, 15) is 25.2 Å². The predicted molar refractivity (Wildman–Crippen MR) is 135 cm³/mol. The van der Waals surface area contributed by atoms with Gasteiger partial charge in [-0.1, -0.05) is 60.6 Å². The molecule has 0 amide bonds. The fraction of sp³-hybridized carbons (Fsp3) is 0.900. The van der Waals surface area contributed by atoms with E-state index in [1.165, 1.54) is 0 Å². The van der Waals surface area contributed by atoms with E-state index in [0.29, 0.717) is 25.2 Å². The molecule has 5 aliphatic rings. The molecule has 11 atom stereocenters. The lowest BCUT2D eigenvalue weighted by atomic mass is 9.32. The Kier molecular flexibility index (Phi) is 5.40. The Balaban J connectivity index is 1.63. The van der Waals surface area contributed by atoms with Crippen LogP contribution in [0, 0.1) is 56.2 Å². The number of fused-ring (bicyclic) bond motifs is 7. The molecule has 198 valence electrons. The van der Waals surface area contributed by atoms with Crippen LogP contribution in [0.2, 0.25) is 0 Å². The van der Waals surface area contributed by atoms with Gasteiger partial charge in [0.15, 0.2) is 0 Å². The standard InChI is InChI=1S/C30H48O5/c1-25(2)12-14-30(24(34)35)15-13-28(6)17(21(30)23(25)33)8-9-20-27(5)16-18(31)22(32)26(3,4)19(27)10-11-29(20,28)7/h8-9,17-23,31-33H,10-16H2,1-7H3,(H,34,35). The van der Waals surface area contributed by atoms with Gasteiger partial charge in [-0.25, -0.2) is 0 Å². The molecule has 0 radical (unpaired) electrons. The van der Waals surface area contributed by atoms with Gasteiger partial charge >= 0.3 is 5.97 Å². The summed E-state index contributed by atoms with van der Waals surface area (Å²) in [5.41, 5.74) is -1.88. The number of hydrogen-bond acceptors (Lipinski definition) is 4. The molecule has 5 aliphatic carbocycles. The third kappa shape index (κ3) is 2.95. The molecule has 0 bridgehead atoms. The zero-order chi connectivity index (χ0) is 26.0. The van der Waals surface area contributed by atoms with Gasteiger partial charge in [0.25, 0.3) is 0 Å². The summed E-state index contributed by atoms with van der Waals surface area (Å²) in [6, 6.07) is 0. The van der Waals surface area contributed by atoms with Gasteiger partial charge in [-0.3, -0.25) is 4.79 Å². The minimum Gasteiger partial charge on any atom is -0.481 e. The van der Waals surface area contributed by atoms with Crippen LogP contribution in [0.25, 0.3) is 0 Å². The minimum atomic E-state index is -0.860. The van der Waals surface area contributed by atoms with E-state index in [2.05, 4.69) is 60.6 Å². The maximum atomic E-state index is 12.8. The van der Waals surface area contributed by atoms with Crippen LogP contribution in [0.15, 0.2) is 12.2 Å². The summed E-state index contributed by atoms with van der Waals surface area (Å²) in [4.78, 5) is 12.8. The van der Waals surface area contributed by atoms with E-state index in [1.54, 1.807) is 0 Å². The first-order valence-corrected chi connectivity index (χ1v) is 13.9. The van der Waals surface area contributed by atoms with Crippen LogP contribution in [-0.4, -0.2) is 44.7 Å². The molecule has 5 nitrogen and oxygen atoms in total. The van der Waals surface area contributed by atoms with Gasteiger partial charge in [0, 0.05) is 5.92 Å². The summed E-state index contributed by atoms with van der Waals surface area (Å²) in [7, 11) is 0. The third-order valence-electron chi connectivity index (χ3n) is 13.3. The van der Waals surface area contributed by atoms with Gasteiger partial charge in [-0.2, -0.15) is 0 Å². The van der Waals surface area contributed by atoms with Crippen molar-refractivity contribution in [1.82, 2.24) is 0 Å². The molecule has 0 aromatic rings. The van der Waals surface area contributed by atoms with Crippen LogP contribution in [0.1, 0.15) is 93.4 Å². The second-order valence-corrected chi connectivity index (χ2v) is 15.3. The quantitative estimate of drug-likeness (QED) is 0.388. The van der Waals surface area contributed by atoms with Gasteiger partial charge in [0.05, 0.1) is 23.7 Å². The molecule has 0 spiro atoms. The van der Waals surface area contributed by atoms with Crippen LogP contribution in [0.4, 0.5) is 0 Å². The molecule has 35 heavy (non-hydrogen) atoms. The first kappa shape index (κ1) is 25.7. The molecule has 0 saturated heterocycles. The molecule has 11 unspecified atom stereocenters. The number of aliphatic hydroxyl groups is 3. The van der Waals surface area contributed by atoms with Crippen molar-refractivity contribution in [2.45, 2.75) is 112 Å². The first-order chi connectivity index (χ1) is 16.0. The van der Waals surface area contributed by atoms with E-state index in [-0.39, 0.29) is 44.8 Å². The Bertz CT molecular complexity index is 939. The number of aliphatic hydroxyl groups excluding tert-OH is 3. The monoisotopic (exact) mass is 488 g/mol. The summed E-state index contributed by atoms with van der Waals surface area (Å²) in [6.07, 6.45) is 7.98. The molecule has 4 N–H and O–H groups in total. The SMILES string of the molecule is CC1(C)CCC2(C(=O)O)CCC3(C)C(C=CC4C5(C)CC(O)C(O)C(C)(C)C5CCC43C)C2C1O. The Morgan fingerprint density at radius 3 is 2.06 bits per heavy atom. The van der Waals surface area contributed by atoms with Crippen LogP contribution < -0.4 is 0 Å². The van der Waals surface area contributed by atoms with Crippen LogP contribution in [0.3, 0.4) is 0 Å². The van der Waals surface area contributed by atoms with Crippen LogP contribution in [-0.2, 0) is 4.79 Å². The fourth-order valence-corrected chi connectivity index (χ4v) is 10.8. The first-order valence-electron chi connectivity index (χ1n) is 13.9. The molecule has 0 aromatic carbocycles. The average molecular weight is 489 g/mol. The number of aliphatic carboxylic acids is 1. The summed E-state index contributed by atoms with van der Waals surface area (Å²) in [5, 5.41) is 44.0. The Morgan fingerprint density at radius 2 is 1.43 bits per heavy atom. The van der Waals surface area contributed by atoms with Crippen molar-refractivity contribution in [3.05, 3.63) is 12.2 Å². The molecule has 5 rings (SSSR count). The zero-order valence-electron chi connectivity index (χ0n) is 22.8. The van der Waals surface area contributed by atoms with E-state index in [0.717, 1.165) is 25.7 Å². The molecule has 0 heterocycles. The summed E-state index contributed by atoms with van der Waals surface area (Å²) >= 11 is 0. The molecule has 5 heteroatoms. The van der Waals surface area contributed by atoms with Crippen molar-refractivity contribution in [2.24, 2.45) is 56.2 Å². The lowest BCUT2D eigenvalue weighted by Gasteiger charge is -2.72. The highest BCUT2D eigenvalue weighted by Gasteiger charge is 2.72. The number of allylic oxidation sites excluding steroid dienone is 2. The highest BCUT2D eigenvalue weighted by Crippen LogP contribution is 2.75. The Morgan fingerprint density at radius 1 is 0.800 bits per heavy atom. The second-order valence-electron chi connectivity index (χ2n) is 15.3. The highest BCUT2D eigenvalue weighted by atomic mass is 16.4. The van der Waals surface area contributed by atoms with Crippen LogP contribution in [0.5, 0.6) is 0 Å². The third-order valence-corrected chi connectivity index (χ3v) is 13.3. The van der Waals surface area contributed by atoms with Crippen molar-refractivity contribution in [3.63, 3.8) is 0 Å². The lowest BCUT2D eigenvalue weighted by Crippen LogP contribution is -2.69. The smallest absolute Gasteiger partial charge is 0.310 e. The molecular formula is C30H48O5. The van der Waals surface area contributed by atoms with Gasteiger partial charge in [0.2, 0.25) is 0 Å². The number of carbonyl (C=O) groups is 1. The number of hydrogen-bond donors (Lipinski definition) is 4. The van der Waals surface area contributed by atoms with Gasteiger partial charge in [0.1, 0.15) is 0 Å². The van der Waals surface area contributed by atoms with Crippen molar-refractivity contribution in [2.75, 3.05) is 0 Å². The Hall–Kier alpha value is -0.910. The van der Waals surface area contributed by atoms with Crippen molar-refractivity contribution >= 4 is 5.97 Å². The molecule has 4 saturated carbocycles. The van der Waals surface area contributed by atoms with Crippen molar-refractivity contribution in [1.29, 1.82) is 0 Å². The van der Waals surface area contributed by atoms with Crippen LogP contribution >= 0.6 is 0 Å². The average Bonchev–Trinajstić information content (AvgIpc) is 2.75. The number of carboxylic acid groups (broad SMARTS) is 1. The van der Waals surface area contributed by atoms with E-state index >= 15 is 0 Å². The van der Waals surface area contributed by atoms with Gasteiger partial charge in [-0.05, 0) is 89.8 Å². The number of carboxylic acids is 1. The van der Waals surface area contributed by atoms with Crippen molar-refractivity contribution < 1.29 is 25.2 Å². The molecule has 4 fully saturated rings. The normalized spacial score (nSPS) is 56.2. The zero-order valence-corrected chi connectivity index (χ0v) is 22.8. The maximum absolute atomic E-state index is 12.8. The van der Waals surface area contributed by atoms with Gasteiger partial charge < -0.3 is 20.4 Å². The fourth-order valence-electron chi connectivity index (χ4n) is 10.8. The topological polar surface area (TPSA) is 98.0 Å². The summed E-state index contributed by atoms with van der Waals surface area (Å²) in [5.74, 6) is -0.478. The largest absolute Gasteiger partial charge is 0.481 e. The highest BCUT2D eigenvalue weighted by molar-refractivity contribution is 5.76. The van der Waals surface area contributed by atoms with E-state index < -0.39 is 29.7 Å². The van der Waals surface area contributed by atoms with E-state index in [4.69, 9.17) is 0 Å². The second kappa shape index (κ2) is 7.35. The Labute approximate surface area is 211 Å². The lowest BCUT2D eigenvalue weighted by molar-refractivity contribution is -0.249. The van der Waals surface area contributed by atoms with Crippen molar-refractivity contribution in [3.8, 4) is 0 Å². The predicted octanol–water partition coefficient (Wildman–Crippen LogP) is 5.03. The van der Waals surface area contributed by atoms with E-state index in [1.807, 2.05) is 0 Å². The summed E-state index contributed by atoms with van der Waals surface area (Å²) in [6.45, 7) is 15.5. The molecular weight excluding hydrogens is 440 g/mol. The summed E-state index contributed by atoms with van der Waals surface area (Å²) < 4.78 is 0. The minimum absolute atomic E-state index is 0.00967. The molecule has 0 aromatic heterocycles.